The van der Waals surface area contributed by atoms with Crippen LogP contribution in [0.2, 0.25) is 0 Å². The van der Waals surface area contributed by atoms with E-state index in [9.17, 15) is 0 Å². The summed E-state index contributed by atoms with van der Waals surface area (Å²) < 4.78 is 2.09. The van der Waals surface area contributed by atoms with Gasteiger partial charge in [-0.3, -0.25) is 4.68 Å². The van der Waals surface area contributed by atoms with Crippen LogP contribution in [0.5, 0.6) is 0 Å². The number of aromatic nitrogens is 2. The van der Waals surface area contributed by atoms with E-state index in [1.54, 1.807) is 0 Å². The van der Waals surface area contributed by atoms with Gasteiger partial charge < -0.3 is 10.2 Å². The van der Waals surface area contributed by atoms with Crippen LogP contribution >= 0.6 is 0 Å². The van der Waals surface area contributed by atoms with Crippen LogP contribution in [0.4, 0.5) is 0 Å². The van der Waals surface area contributed by atoms with E-state index in [4.69, 9.17) is 0 Å². The van der Waals surface area contributed by atoms with E-state index in [0.29, 0.717) is 18.0 Å². The maximum atomic E-state index is 4.61. The molecule has 20 heavy (non-hydrogen) atoms. The van der Waals surface area contributed by atoms with Crippen LogP contribution in [-0.4, -0.2) is 41.4 Å². The third-order valence-electron chi connectivity index (χ3n) is 4.24. The molecule has 0 saturated heterocycles. The zero-order valence-corrected chi connectivity index (χ0v) is 14.5. The SMILES string of the molecule is CCn1nc(C)c(C(C)NCC(C(C)C)N(C)C)c1C. The van der Waals surface area contributed by atoms with Crippen LogP contribution in [0.25, 0.3) is 0 Å². The van der Waals surface area contributed by atoms with Crippen LogP contribution in [0.15, 0.2) is 0 Å². The topological polar surface area (TPSA) is 33.1 Å². The van der Waals surface area contributed by atoms with Crippen LogP contribution in [0, 0.1) is 19.8 Å². The molecule has 0 amide bonds. The van der Waals surface area contributed by atoms with Crippen LogP contribution in [-0.2, 0) is 6.54 Å². The van der Waals surface area contributed by atoms with Gasteiger partial charge in [0.25, 0.3) is 0 Å². The number of rotatable bonds is 7. The first kappa shape index (κ1) is 17.2. The number of likely N-dealkylation sites (N-methyl/N-ethyl adjacent to an activating group) is 1. The van der Waals surface area contributed by atoms with E-state index in [1.165, 1.54) is 11.3 Å². The quantitative estimate of drug-likeness (QED) is 0.834. The Balaban J connectivity index is 2.76. The first-order valence-corrected chi connectivity index (χ1v) is 7.73. The van der Waals surface area contributed by atoms with Crippen molar-refractivity contribution in [2.45, 2.75) is 60.2 Å². The molecular weight excluding hydrogens is 248 g/mol. The van der Waals surface area contributed by atoms with Gasteiger partial charge in [-0.25, -0.2) is 0 Å². The lowest BCUT2D eigenvalue weighted by Crippen LogP contribution is -2.42. The molecule has 1 N–H and O–H groups in total. The zero-order chi connectivity index (χ0) is 15.4. The number of hydrogen-bond acceptors (Lipinski definition) is 3. The molecule has 4 nitrogen and oxygen atoms in total. The van der Waals surface area contributed by atoms with Gasteiger partial charge in [-0.1, -0.05) is 13.8 Å². The minimum atomic E-state index is 0.344. The zero-order valence-electron chi connectivity index (χ0n) is 14.5. The third kappa shape index (κ3) is 3.83. The molecule has 0 fully saturated rings. The van der Waals surface area contributed by atoms with E-state index in [0.717, 1.165) is 18.8 Å². The van der Waals surface area contributed by atoms with Crippen molar-refractivity contribution in [3.63, 3.8) is 0 Å². The summed E-state index contributed by atoms with van der Waals surface area (Å²) >= 11 is 0. The van der Waals surface area contributed by atoms with Crippen molar-refractivity contribution in [2.75, 3.05) is 20.6 Å². The summed E-state index contributed by atoms with van der Waals surface area (Å²) in [5.41, 5.74) is 3.79. The summed E-state index contributed by atoms with van der Waals surface area (Å²) in [6, 6.07) is 0.899. The highest BCUT2D eigenvalue weighted by molar-refractivity contribution is 5.27. The molecule has 1 rings (SSSR count). The maximum Gasteiger partial charge on any atom is 0.0644 e. The number of nitrogens with one attached hydrogen (secondary N) is 1. The Hall–Kier alpha value is -0.870. The van der Waals surface area contributed by atoms with Crippen molar-refractivity contribution >= 4 is 0 Å². The smallest absolute Gasteiger partial charge is 0.0644 e. The van der Waals surface area contributed by atoms with Crippen LogP contribution in [0.1, 0.15) is 50.7 Å². The molecule has 0 aliphatic rings. The van der Waals surface area contributed by atoms with Gasteiger partial charge in [-0.05, 0) is 47.7 Å². The third-order valence-corrected chi connectivity index (χ3v) is 4.24. The molecule has 0 aliphatic carbocycles. The van der Waals surface area contributed by atoms with E-state index >= 15 is 0 Å². The van der Waals surface area contributed by atoms with Gasteiger partial charge in [-0.15, -0.1) is 0 Å². The van der Waals surface area contributed by atoms with Crippen molar-refractivity contribution < 1.29 is 0 Å². The molecule has 0 aliphatic heterocycles. The molecule has 0 spiro atoms. The molecule has 0 aromatic carbocycles. The Morgan fingerprint density at radius 3 is 2.20 bits per heavy atom. The molecule has 4 heteroatoms. The normalized spacial score (nSPS) is 15.1. The number of nitrogens with zero attached hydrogens (tertiary/aromatic N) is 3. The highest BCUT2D eigenvalue weighted by atomic mass is 15.3. The minimum Gasteiger partial charge on any atom is -0.308 e. The summed E-state index contributed by atoms with van der Waals surface area (Å²) in [6.45, 7) is 15.2. The van der Waals surface area contributed by atoms with Crippen LogP contribution in [0.3, 0.4) is 0 Å². The molecule has 1 aromatic rings. The van der Waals surface area contributed by atoms with E-state index < -0.39 is 0 Å². The van der Waals surface area contributed by atoms with E-state index in [2.05, 4.69) is 75.6 Å². The fraction of sp³-hybridized carbons (Fsp3) is 0.812. The highest BCUT2D eigenvalue weighted by Gasteiger charge is 2.20. The average Bonchev–Trinajstić information content (AvgIpc) is 2.63. The van der Waals surface area contributed by atoms with Crippen molar-refractivity contribution in [1.82, 2.24) is 20.0 Å². The lowest BCUT2D eigenvalue weighted by atomic mass is 10.0. The molecule has 0 bridgehead atoms. The Morgan fingerprint density at radius 2 is 1.80 bits per heavy atom. The standard InChI is InChI=1S/C16H32N4/c1-9-20-14(6)16(13(5)18-20)12(4)17-10-15(11(2)3)19(7)8/h11-12,15,17H,9-10H2,1-8H3. The van der Waals surface area contributed by atoms with Crippen molar-refractivity contribution in [3.8, 4) is 0 Å². The molecule has 0 radical (unpaired) electrons. The monoisotopic (exact) mass is 280 g/mol. The van der Waals surface area contributed by atoms with Crippen molar-refractivity contribution in [2.24, 2.45) is 5.92 Å². The highest BCUT2D eigenvalue weighted by Crippen LogP contribution is 2.21. The number of aryl methyl sites for hydroxylation is 2. The summed E-state index contributed by atoms with van der Waals surface area (Å²) in [5, 5.41) is 8.30. The van der Waals surface area contributed by atoms with Gasteiger partial charge in [-0.2, -0.15) is 5.10 Å². The summed E-state index contributed by atoms with van der Waals surface area (Å²) in [5.74, 6) is 0.644. The molecule has 0 saturated carbocycles. The lowest BCUT2D eigenvalue weighted by molar-refractivity contribution is 0.220. The van der Waals surface area contributed by atoms with Gasteiger partial charge in [0.05, 0.1) is 5.69 Å². The van der Waals surface area contributed by atoms with Crippen molar-refractivity contribution in [1.29, 1.82) is 0 Å². The first-order valence-electron chi connectivity index (χ1n) is 7.73. The van der Waals surface area contributed by atoms with Crippen molar-refractivity contribution in [3.05, 3.63) is 17.0 Å². The fourth-order valence-electron chi connectivity index (χ4n) is 3.06. The number of hydrogen-bond donors (Lipinski definition) is 1. The maximum absolute atomic E-state index is 4.61. The predicted molar refractivity (Wildman–Crippen MR) is 86.1 cm³/mol. The van der Waals surface area contributed by atoms with E-state index in [-0.39, 0.29) is 0 Å². The average molecular weight is 280 g/mol. The molecule has 2 unspecified atom stereocenters. The Kier molecular flexibility index (Phi) is 6.21. The second-order valence-electron chi connectivity index (χ2n) is 6.31. The van der Waals surface area contributed by atoms with Gasteiger partial charge >= 0.3 is 0 Å². The second kappa shape index (κ2) is 7.23. The molecule has 1 heterocycles. The largest absolute Gasteiger partial charge is 0.308 e. The Bertz CT molecular complexity index is 412. The van der Waals surface area contributed by atoms with Gasteiger partial charge in [0.1, 0.15) is 0 Å². The van der Waals surface area contributed by atoms with Gasteiger partial charge in [0.15, 0.2) is 0 Å². The summed E-state index contributed by atoms with van der Waals surface area (Å²) in [4.78, 5) is 2.31. The molecule has 116 valence electrons. The summed E-state index contributed by atoms with van der Waals surface area (Å²) in [6.07, 6.45) is 0. The Labute approximate surface area is 124 Å². The van der Waals surface area contributed by atoms with E-state index in [1.807, 2.05) is 0 Å². The molecule has 1 aromatic heterocycles. The predicted octanol–water partition coefficient (Wildman–Crippen LogP) is 2.76. The van der Waals surface area contributed by atoms with Gasteiger partial charge in [0.2, 0.25) is 0 Å². The van der Waals surface area contributed by atoms with Crippen LogP contribution < -0.4 is 5.32 Å². The lowest BCUT2D eigenvalue weighted by Gasteiger charge is -2.29. The fourth-order valence-corrected chi connectivity index (χ4v) is 3.06. The van der Waals surface area contributed by atoms with Gasteiger partial charge in [0, 0.05) is 36.4 Å². The summed E-state index contributed by atoms with van der Waals surface area (Å²) in [7, 11) is 4.31. The Morgan fingerprint density at radius 1 is 1.20 bits per heavy atom. The molecule has 2 atom stereocenters. The molecular formula is C16H32N4. The second-order valence-corrected chi connectivity index (χ2v) is 6.31. The first-order chi connectivity index (χ1) is 9.29. The minimum absolute atomic E-state index is 0.344.